The fourth-order valence-corrected chi connectivity index (χ4v) is 3.80. The van der Waals surface area contributed by atoms with Crippen LogP contribution in [0.15, 0.2) is 59.4 Å². The van der Waals surface area contributed by atoms with Gasteiger partial charge < -0.3 is 14.8 Å². The summed E-state index contributed by atoms with van der Waals surface area (Å²) >= 11 is 0. The summed E-state index contributed by atoms with van der Waals surface area (Å²) in [6, 6.07) is 15.3. The summed E-state index contributed by atoms with van der Waals surface area (Å²) in [5.41, 5.74) is 1.46. The number of methoxy groups -OCH3 is 2. The lowest BCUT2D eigenvalue weighted by Crippen LogP contribution is -2.33. The number of amides is 1. The number of pyridine rings is 1. The molecule has 2 aromatic carbocycles. The summed E-state index contributed by atoms with van der Waals surface area (Å²) in [5.74, 6) is 0.444. The van der Waals surface area contributed by atoms with E-state index < -0.39 is 11.5 Å². The second-order valence-electron chi connectivity index (χ2n) is 7.19. The van der Waals surface area contributed by atoms with Crippen LogP contribution in [0.3, 0.4) is 0 Å². The molecular formula is C24H22N2O5. The van der Waals surface area contributed by atoms with Crippen molar-refractivity contribution in [3.63, 3.8) is 0 Å². The van der Waals surface area contributed by atoms with E-state index in [-0.39, 0.29) is 11.3 Å². The molecule has 7 heteroatoms. The molecule has 0 saturated carbocycles. The van der Waals surface area contributed by atoms with E-state index in [1.165, 1.54) is 17.7 Å². The number of carbonyl (C=O) groups excluding carboxylic acids is 2. The minimum Gasteiger partial charge on any atom is -0.497 e. The minimum absolute atomic E-state index is 0.0742. The molecular weight excluding hydrogens is 396 g/mol. The number of benzene rings is 2. The first-order valence-electron chi connectivity index (χ1n) is 9.94. The third-order valence-electron chi connectivity index (χ3n) is 5.35. The van der Waals surface area contributed by atoms with E-state index in [9.17, 15) is 14.4 Å². The maximum Gasteiger partial charge on any atom is 0.268 e. The molecule has 0 bridgehead atoms. The quantitative estimate of drug-likeness (QED) is 0.684. The van der Waals surface area contributed by atoms with Crippen LogP contribution >= 0.6 is 0 Å². The van der Waals surface area contributed by atoms with Gasteiger partial charge in [0.15, 0.2) is 5.78 Å². The summed E-state index contributed by atoms with van der Waals surface area (Å²) in [5, 5.41) is 2.73. The highest BCUT2D eigenvalue weighted by Gasteiger charge is 2.26. The second-order valence-corrected chi connectivity index (χ2v) is 7.19. The highest BCUT2D eigenvalue weighted by atomic mass is 16.5. The van der Waals surface area contributed by atoms with Crippen LogP contribution in [0.5, 0.6) is 11.5 Å². The van der Waals surface area contributed by atoms with E-state index in [1.54, 1.807) is 55.6 Å². The SMILES string of the molecule is COc1ccc(-n2c3c(cc(C(=O)Nc4ccccc4OC)c2=O)C(=O)CCC3)cc1. The highest BCUT2D eigenvalue weighted by molar-refractivity contribution is 6.07. The fourth-order valence-electron chi connectivity index (χ4n) is 3.80. The topological polar surface area (TPSA) is 86.6 Å². The summed E-state index contributed by atoms with van der Waals surface area (Å²) in [6.07, 6.45) is 1.63. The molecule has 1 aliphatic rings. The molecule has 0 unspecified atom stereocenters. The number of ether oxygens (including phenoxy) is 2. The molecule has 1 heterocycles. The number of ketones is 1. The number of hydrogen-bond donors (Lipinski definition) is 1. The van der Waals surface area contributed by atoms with Gasteiger partial charge in [0.1, 0.15) is 17.1 Å². The second kappa shape index (κ2) is 8.47. The van der Waals surface area contributed by atoms with Crippen LogP contribution in [0, 0.1) is 0 Å². The lowest BCUT2D eigenvalue weighted by atomic mass is 9.92. The summed E-state index contributed by atoms with van der Waals surface area (Å²) in [6.45, 7) is 0. The molecule has 0 atom stereocenters. The summed E-state index contributed by atoms with van der Waals surface area (Å²) in [4.78, 5) is 39.1. The van der Waals surface area contributed by atoms with Gasteiger partial charge >= 0.3 is 0 Å². The minimum atomic E-state index is -0.599. The van der Waals surface area contributed by atoms with Crippen LogP contribution in [0.4, 0.5) is 5.69 Å². The first-order valence-corrected chi connectivity index (χ1v) is 9.94. The van der Waals surface area contributed by atoms with Gasteiger partial charge in [0.2, 0.25) is 0 Å². The number of aromatic nitrogens is 1. The smallest absolute Gasteiger partial charge is 0.268 e. The first kappa shape index (κ1) is 20.4. The zero-order valence-electron chi connectivity index (χ0n) is 17.3. The molecule has 0 spiro atoms. The fraction of sp³-hybridized carbons (Fsp3) is 0.208. The number of rotatable bonds is 5. The Morgan fingerprint density at radius 3 is 2.42 bits per heavy atom. The van der Waals surface area contributed by atoms with Gasteiger partial charge in [-0.15, -0.1) is 0 Å². The van der Waals surface area contributed by atoms with Gasteiger partial charge in [-0.1, -0.05) is 12.1 Å². The van der Waals surface area contributed by atoms with Crippen molar-refractivity contribution in [2.75, 3.05) is 19.5 Å². The van der Waals surface area contributed by atoms with Crippen molar-refractivity contribution in [3.05, 3.63) is 81.8 Å². The van der Waals surface area contributed by atoms with Crippen molar-refractivity contribution in [1.29, 1.82) is 0 Å². The predicted molar refractivity (Wildman–Crippen MR) is 117 cm³/mol. The third-order valence-corrected chi connectivity index (χ3v) is 5.35. The van der Waals surface area contributed by atoms with Crippen LogP contribution in [-0.2, 0) is 6.42 Å². The largest absolute Gasteiger partial charge is 0.497 e. The summed E-state index contributed by atoms with van der Waals surface area (Å²) < 4.78 is 11.9. The Labute approximate surface area is 179 Å². The van der Waals surface area contributed by atoms with Crippen molar-refractivity contribution in [2.45, 2.75) is 19.3 Å². The van der Waals surface area contributed by atoms with Crippen molar-refractivity contribution < 1.29 is 19.1 Å². The highest BCUT2D eigenvalue weighted by Crippen LogP contribution is 2.26. The van der Waals surface area contributed by atoms with E-state index >= 15 is 0 Å². The lowest BCUT2D eigenvalue weighted by Gasteiger charge is -2.22. The number of para-hydroxylation sites is 2. The normalized spacial score (nSPS) is 12.8. The molecule has 0 fully saturated rings. The van der Waals surface area contributed by atoms with Crippen molar-refractivity contribution >= 4 is 17.4 Å². The molecule has 1 amide bonds. The Kier molecular flexibility index (Phi) is 5.58. The Hall–Kier alpha value is -3.87. The molecule has 0 radical (unpaired) electrons. The molecule has 31 heavy (non-hydrogen) atoms. The number of anilines is 1. The van der Waals surface area contributed by atoms with Gasteiger partial charge in [-0.25, -0.2) is 0 Å². The maximum absolute atomic E-state index is 13.4. The van der Waals surface area contributed by atoms with Gasteiger partial charge in [-0.3, -0.25) is 19.0 Å². The van der Waals surface area contributed by atoms with Crippen molar-refractivity contribution in [2.24, 2.45) is 0 Å². The lowest BCUT2D eigenvalue weighted by molar-refractivity contribution is 0.0971. The zero-order valence-corrected chi connectivity index (χ0v) is 17.3. The van der Waals surface area contributed by atoms with Gasteiger partial charge in [-0.2, -0.15) is 0 Å². The molecule has 1 aliphatic carbocycles. The van der Waals surface area contributed by atoms with E-state index in [2.05, 4.69) is 5.32 Å². The van der Waals surface area contributed by atoms with E-state index in [0.717, 1.165) is 0 Å². The number of nitrogens with one attached hydrogen (secondary N) is 1. The predicted octanol–water partition coefficient (Wildman–Crippen LogP) is 3.63. The van der Waals surface area contributed by atoms with E-state index in [0.29, 0.717) is 53.4 Å². The van der Waals surface area contributed by atoms with Gasteiger partial charge in [0.25, 0.3) is 11.5 Å². The average Bonchev–Trinajstić information content (AvgIpc) is 2.79. The average molecular weight is 418 g/mol. The van der Waals surface area contributed by atoms with Crippen LogP contribution in [-0.4, -0.2) is 30.5 Å². The van der Waals surface area contributed by atoms with Crippen molar-refractivity contribution in [3.8, 4) is 17.2 Å². The van der Waals surface area contributed by atoms with Gasteiger partial charge in [-0.05, 0) is 55.3 Å². The van der Waals surface area contributed by atoms with Crippen LogP contribution in [0.1, 0.15) is 39.3 Å². The molecule has 1 N–H and O–H groups in total. The molecule has 0 aliphatic heterocycles. The third kappa shape index (κ3) is 3.82. The Bertz CT molecular complexity index is 1210. The van der Waals surface area contributed by atoms with Crippen LogP contribution in [0.25, 0.3) is 5.69 Å². The number of nitrogens with zero attached hydrogens (tertiary/aromatic N) is 1. The Morgan fingerprint density at radius 1 is 0.968 bits per heavy atom. The molecule has 1 aromatic heterocycles. The molecule has 7 nitrogen and oxygen atoms in total. The molecule has 4 rings (SSSR count). The number of hydrogen-bond acceptors (Lipinski definition) is 5. The van der Waals surface area contributed by atoms with Gasteiger partial charge in [0, 0.05) is 23.4 Å². The van der Waals surface area contributed by atoms with Crippen LogP contribution in [0.2, 0.25) is 0 Å². The van der Waals surface area contributed by atoms with Crippen LogP contribution < -0.4 is 20.3 Å². The number of fused-ring (bicyclic) bond motifs is 1. The molecule has 158 valence electrons. The molecule has 3 aromatic rings. The van der Waals surface area contributed by atoms with Crippen molar-refractivity contribution in [1.82, 2.24) is 4.57 Å². The standard InChI is InChI=1S/C24H22N2O5/c1-30-16-12-10-15(11-13-16)26-20-7-5-8-21(27)17(20)14-18(24(26)29)23(28)25-19-6-3-4-9-22(19)31-2/h3-4,6,9-14H,5,7-8H2,1-2H3,(H,25,28). The Balaban J connectivity index is 1.85. The number of Topliss-reactive ketones (excluding diaryl/α,β-unsaturated/α-hetero) is 1. The first-order chi connectivity index (χ1) is 15.0. The molecule has 0 saturated heterocycles. The maximum atomic E-state index is 13.4. The Morgan fingerprint density at radius 2 is 1.71 bits per heavy atom. The van der Waals surface area contributed by atoms with E-state index in [4.69, 9.17) is 9.47 Å². The van der Waals surface area contributed by atoms with Gasteiger partial charge in [0.05, 0.1) is 19.9 Å². The summed E-state index contributed by atoms with van der Waals surface area (Å²) in [7, 11) is 3.06. The monoisotopic (exact) mass is 418 g/mol. The zero-order chi connectivity index (χ0) is 22.0. The number of carbonyl (C=O) groups is 2. The van der Waals surface area contributed by atoms with E-state index in [1.807, 2.05) is 0 Å².